The SMILES string of the molecule is C[Si](C)(C)[Si](C)(C)OCCCOCCO. The molecule has 0 amide bonds. The van der Waals surface area contributed by atoms with Crippen LogP contribution < -0.4 is 0 Å². The summed E-state index contributed by atoms with van der Waals surface area (Å²) in [5, 5.41) is 8.51. The van der Waals surface area contributed by atoms with Crippen molar-refractivity contribution in [1.29, 1.82) is 0 Å². The van der Waals surface area contributed by atoms with E-state index in [4.69, 9.17) is 14.3 Å². The number of rotatable bonds is 8. The topological polar surface area (TPSA) is 38.7 Å². The second kappa shape index (κ2) is 6.80. The Kier molecular flexibility index (Phi) is 6.94. The predicted molar refractivity (Wildman–Crippen MR) is 69.3 cm³/mol. The molecule has 0 aliphatic carbocycles. The molecule has 5 heteroatoms. The molecule has 0 heterocycles. The van der Waals surface area contributed by atoms with Crippen LogP contribution in [-0.4, -0.2) is 47.0 Å². The molecule has 0 aromatic heterocycles. The second-order valence-electron chi connectivity index (χ2n) is 5.30. The molecule has 0 saturated carbocycles. The first kappa shape index (κ1) is 15.3. The first-order valence-electron chi connectivity index (χ1n) is 5.64. The molecule has 0 aliphatic rings. The van der Waals surface area contributed by atoms with Gasteiger partial charge in [0.1, 0.15) is 0 Å². The Balaban J connectivity index is 3.58. The molecule has 3 nitrogen and oxygen atoms in total. The summed E-state index contributed by atoms with van der Waals surface area (Å²) in [7, 11) is -2.56. The van der Waals surface area contributed by atoms with Crippen LogP contribution in [0.4, 0.5) is 0 Å². The van der Waals surface area contributed by atoms with Crippen molar-refractivity contribution in [3.63, 3.8) is 0 Å². The molecule has 0 unspecified atom stereocenters. The zero-order valence-corrected chi connectivity index (χ0v) is 12.8. The minimum Gasteiger partial charge on any atom is -0.420 e. The van der Waals surface area contributed by atoms with Gasteiger partial charge in [0, 0.05) is 13.2 Å². The summed E-state index contributed by atoms with van der Waals surface area (Å²) < 4.78 is 11.2. The Bertz CT molecular complexity index is 167. The van der Waals surface area contributed by atoms with Crippen molar-refractivity contribution >= 4 is 15.4 Å². The first-order chi connectivity index (χ1) is 6.81. The fourth-order valence-corrected chi connectivity index (χ4v) is 3.56. The summed E-state index contributed by atoms with van der Waals surface area (Å²) in [6, 6.07) is 0. The molecule has 0 radical (unpaired) electrons. The molecule has 0 aliphatic heterocycles. The lowest BCUT2D eigenvalue weighted by Gasteiger charge is -2.34. The van der Waals surface area contributed by atoms with E-state index in [1.165, 1.54) is 0 Å². The number of aliphatic hydroxyl groups is 1. The van der Waals surface area contributed by atoms with Gasteiger partial charge in [-0.3, -0.25) is 0 Å². The fraction of sp³-hybridized carbons (Fsp3) is 1.00. The van der Waals surface area contributed by atoms with Crippen molar-refractivity contribution in [3.8, 4) is 0 Å². The summed E-state index contributed by atoms with van der Waals surface area (Å²) >= 11 is 0. The highest BCUT2D eigenvalue weighted by Gasteiger charge is 2.38. The van der Waals surface area contributed by atoms with E-state index in [-0.39, 0.29) is 6.61 Å². The Hall–Kier alpha value is 0.314. The third kappa shape index (κ3) is 6.47. The number of aliphatic hydroxyl groups excluding tert-OH is 1. The van der Waals surface area contributed by atoms with E-state index in [0.29, 0.717) is 13.2 Å². The van der Waals surface area contributed by atoms with E-state index in [2.05, 4.69) is 32.7 Å². The lowest BCUT2D eigenvalue weighted by molar-refractivity contribution is 0.0833. The van der Waals surface area contributed by atoms with E-state index in [0.717, 1.165) is 13.0 Å². The first-order valence-corrected chi connectivity index (χ1v) is 13.0. The summed E-state index contributed by atoms with van der Waals surface area (Å²) in [5.74, 6) is 0. The van der Waals surface area contributed by atoms with Gasteiger partial charge in [0.25, 0.3) is 0 Å². The summed E-state index contributed by atoms with van der Waals surface area (Å²) in [6.45, 7) is 13.8. The fourth-order valence-electron chi connectivity index (χ4n) is 0.871. The van der Waals surface area contributed by atoms with Crippen LogP contribution in [0.15, 0.2) is 0 Å². The molecule has 0 saturated heterocycles. The molecule has 0 bridgehead atoms. The normalized spacial score (nSPS) is 13.2. The number of hydrogen-bond donors (Lipinski definition) is 1. The Morgan fingerprint density at radius 2 is 1.53 bits per heavy atom. The quantitative estimate of drug-likeness (QED) is 0.529. The van der Waals surface area contributed by atoms with Crippen molar-refractivity contribution in [3.05, 3.63) is 0 Å². The van der Waals surface area contributed by atoms with Gasteiger partial charge in [-0.05, 0) is 19.5 Å². The standard InChI is InChI=1S/C10H26O3Si2/c1-14(2,3)15(4,5)13-9-6-8-12-10-7-11/h11H,6-10H2,1-5H3. The smallest absolute Gasteiger partial charge is 0.173 e. The highest BCUT2D eigenvalue weighted by molar-refractivity contribution is 7.37. The van der Waals surface area contributed by atoms with E-state index < -0.39 is 15.4 Å². The molecule has 1 N–H and O–H groups in total. The number of ether oxygens (including phenoxy) is 1. The Labute approximate surface area is 95.7 Å². The van der Waals surface area contributed by atoms with Crippen LogP contribution in [0.5, 0.6) is 0 Å². The van der Waals surface area contributed by atoms with Gasteiger partial charge in [-0.2, -0.15) is 0 Å². The molecule has 0 rings (SSSR count). The summed E-state index contributed by atoms with van der Waals surface area (Å²) in [4.78, 5) is 0. The molecular formula is C10H26O3Si2. The van der Waals surface area contributed by atoms with E-state index >= 15 is 0 Å². The monoisotopic (exact) mass is 250 g/mol. The molecule has 92 valence electrons. The summed E-state index contributed by atoms with van der Waals surface area (Å²) in [5.41, 5.74) is 0. The largest absolute Gasteiger partial charge is 0.420 e. The van der Waals surface area contributed by atoms with Crippen LogP contribution in [0.25, 0.3) is 0 Å². The van der Waals surface area contributed by atoms with Gasteiger partial charge in [0.05, 0.1) is 20.8 Å². The van der Waals surface area contributed by atoms with Gasteiger partial charge < -0.3 is 14.3 Å². The van der Waals surface area contributed by atoms with Gasteiger partial charge in [-0.1, -0.05) is 19.6 Å². The second-order valence-corrected chi connectivity index (χ2v) is 21.2. The van der Waals surface area contributed by atoms with Crippen molar-refractivity contribution in [2.75, 3.05) is 26.4 Å². The zero-order chi connectivity index (χ0) is 11.9. The molecule has 0 aromatic rings. The van der Waals surface area contributed by atoms with Gasteiger partial charge >= 0.3 is 0 Å². The molecule has 0 aromatic carbocycles. The van der Waals surface area contributed by atoms with Gasteiger partial charge in [0.2, 0.25) is 0 Å². The van der Waals surface area contributed by atoms with Crippen LogP contribution >= 0.6 is 0 Å². The van der Waals surface area contributed by atoms with E-state index in [1.54, 1.807) is 0 Å². The maximum atomic E-state index is 8.51. The van der Waals surface area contributed by atoms with Crippen LogP contribution in [0.3, 0.4) is 0 Å². The maximum Gasteiger partial charge on any atom is 0.173 e. The Morgan fingerprint density at radius 1 is 0.933 bits per heavy atom. The average Bonchev–Trinajstić information content (AvgIpc) is 2.09. The average molecular weight is 250 g/mol. The third-order valence-electron chi connectivity index (χ3n) is 2.94. The molecule has 0 atom stereocenters. The van der Waals surface area contributed by atoms with Gasteiger partial charge in [0.15, 0.2) is 7.83 Å². The third-order valence-corrected chi connectivity index (χ3v) is 18.7. The minimum absolute atomic E-state index is 0.107. The van der Waals surface area contributed by atoms with Gasteiger partial charge in [-0.15, -0.1) is 0 Å². The highest BCUT2D eigenvalue weighted by atomic mass is 29.3. The van der Waals surface area contributed by atoms with Crippen LogP contribution in [-0.2, 0) is 9.16 Å². The highest BCUT2D eigenvalue weighted by Crippen LogP contribution is 2.19. The van der Waals surface area contributed by atoms with Crippen molar-refractivity contribution < 1.29 is 14.3 Å². The van der Waals surface area contributed by atoms with Crippen LogP contribution in [0.1, 0.15) is 6.42 Å². The number of hydrogen-bond acceptors (Lipinski definition) is 3. The summed E-state index contributed by atoms with van der Waals surface area (Å²) in [6.07, 6.45) is 0.931. The lowest BCUT2D eigenvalue weighted by atomic mass is 10.5. The van der Waals surface area contributed by atoms with E-state index in [1.807, 2.05) is 0 Å². The van der Waals surface area contributed by atoms with E-state index in [9.17, 15) is 0 Å². The maximum absolute atomic E-state index is 8.51. The molecule has 0 fully saturated rings. The minimum atomic E-state index is -1.44. The lowest BCUT2D eigenvalue weighted by Crippen LogP contribution is -2.54. The van der Waals surface area contributed by atoms with Crippen LogP contribution in [0, 0.1) is 0 Å². The van der Waals surface area contributed by atoms with Gasteiger partial charge in [-0.25, -0.2) is 0 Å². The molecule has 0 spiro atoms. The van der Waals surface area contributed by atoms with Crippen molar-refractivity contribution in [2.24, 2.45) is 0 Å². The zero-order valence-electron chi connectivity index (χ0n) is 10.8. The van der Waals surface area contributed by atoms with Crippen LogP contribution in [0.2, 0.25) is 32.7 Å². The van der Waals surface area contributed by atoms with Crippen molar-refractivity contribution in [2.45, 2.75) is 39.2 Å². The van der Waals surface area contributed by atoms with Crippen molar-refractivity contribution in [1.82, 2.24) is 0 Å². The molecule has 15 heavy (non-hydrogen) atoms. The predicted octanol–water partition coefficient (Wildman–Crippen LogP) is 2.02. The Morgan fingerprint density at radius 3 is 2.00 bits per heavy atom. The molecular weight excluding hydrogens is 224 g/mol.